The number of carbonyl (C=O) groups excluding carboxylic acids is 1. The van der Waals surface area contributed by atoms with Gasteiger partial charge >= 0.3 is 0 Å². The van der Waals surface area contributed by atoms with E-state index in [1.54, 1.807) is 0 Å². The van der Waals surface area contributed by atoms with Crippen LogP contribution in [-0.4, -0.2) is 30.1 Å². The molecule has 1 amide bonds. The molecule has 0 saturated carbocycles. The van der Waals surface area contributed by atoms with Gasteiger partial charge in [0.1, 0.15) is 0 Å². The number of aromatic nitrogens is 1. The average Bonchev–Trinajstić information content (AvgIpc) is 2.72. The summed E-state index contributed by atoms with van der Waals surface area (Å²) in [4.78, 5) is 16.1. The predicted octanol–water partition coefficient (Wildman–Crippen LogP) is -0.0201. The fraction of sp³-hybridized carbons (Fsp3) is 0.500. The molecular formula is C12H17N3O2. The van der Waals surface area contributed by atoms with E-state index in [2.05, 4.69) is 10.3 Å². The summed E-state index contributed by atoms with van der Waals surface area (Å²) in [6.45, 7) is 3.23. The molecule has 2 rings (SSSR count). The maximum Gasteiger partial charge on any atom is 0.227 e. The van der Waals surface area contributed by atoms with E-state index in [4.69, 9.17) is 10.5 Å². The van der Waals surface area contributed by atoms with Crippen LogP contribution in [0.4, 0.5) is 0 Å². The number of aryl methyl sites for hydroxylation is 1. The van der Waals surface area contributed by atoms with E-state index >= 15 is 0 Å². The summed E-state index contributed by atoms with van der Waals surface area (Å²) >= 11 is 0. The minimum absolute atomic E-state index is 0.0571. The Morgan fingerprint density at radius 1 is 1.59 bits per heavy atom. The van der Waals surface area contributed by atoms with E-state index in [9.17, 15) is 4.79 Å². The number of nitrogens with two attached hydrogens (primary N) is 1. The summed E-state index contributed by atoms with van der Waals surface area (Å²) in [5.74, 6) is -0.293. The number of rotatable bonds is 3. The molecule has 1 aromatic rings. The molecule has 1 fully saturated rings. The lowest BCUT2D eigenvalue weighted by Gasteiger charge is -2.13. The number of hydrogen-bond donors (Lipinski definition) is 2. The van der Waals surface area contributed by atoms with Crippen molar-refractivity contribution in [3.63, 3.8) is 0 Å². The van der Waals surface area contributed by atoms with E-state index in [0.717, 1.165) is 11.4 Å². The van der Waals surface area contributed by atoms with Gasteiger partial charge in [0.25, 0.3) is 0 Å². The Labute approximate surface area is 100 Å². The van der Waals surface area contributed by atoms with Crippen LogP contribution >= 0.6 is 0 Å². The zero-order chi connectivity index (χ0) is 12.3. The summed E-state index contributed by atoms with van der Waals surface area (Å²) in [6.07, 6.45) is 0. The summed E-state index contributed by atoms with van der Waals surface area (Å²) in [7, 11) is 0. The Morgan fingerprint density at radius 2 is 2.41 bits per heavy atom. The van der Waals surface area contributed by atoms with Gasteiger partial charge in [-0.1, -0.05) is 6.07 Å². The average molecular weight is 235 g/mol. The van der Waals surface area contributed by atoms with Gasteiger partial charge in [0.05, 0.1) is 31.4 Å². The van der Waals surface area contributed by atoms with Crippen molar-refractivity contribution in [1.82, 2.24) is 10.3 Å². The Hall–Kier alpha value is -1.46. The number of nitrogens with one attached hydrogen (secondary N) is 1. The van der Waals surface area contributed by atoms with Crippen molar-refractivity contribution in [1.29, 1.82) is 0 Å². The molecule has 1 saturated heterocycles. The molecule has 0 bridgehead atoms. The maximum absolute atomic E-state index is 11.8. The van der Waals surface area contributed by atoms with Crippen LogP contribution in [0.2, 0.25) is 0 Å². The fourth-order valence-electron chi connectivity index (χ4n) is 1.85. The van der Waals surface area contributed by atoms with Crippen molar-refractivity contribution in [2.45, 2.75) is 19.5 Å². The first kappa shape index (κ1) is 12.0. The Kier molecular flexibility index (Phi) is 3.71. The van der Waals surface area contributed by atoms with Gasteiger partial charge in [-0.05, 0) is 19.1 Å². The molecule has 0 aliphatic carbocycles. The van der Waals surface area contributed by atoms with Crippen molar-refractivity contribution in [3.05, 3.63) is 29.6 Å². The highest BCUT2D eigenvalue weighted by molar-refractivity contribution is 5.79. The van der Waals surface area contributed by atoms with Gasteiger partial charge in [0, 0.05) is 11.7 Å². The molecule has 1 aliphatic rings. The number of amides is 1. The number of nitrogens with zero attached hydrogens (tertiary/aromatic N) is 1. The minimum Gasteiger partial charge on any atom is -0.379 e. The van der Waals surface area contributed by atoms with Crippen LogP contribution in [-0.2, 0) is 16.1 Å². The molecular weight excluding hydrogens is 218 g/mol. The Bertz CT molecular complexity index is 408. The predicted molar refractivity (Wildman–Crippen MR) is 63.1 cm³/mol. The highest BCUT2D eigenvalue weighted by Crippen LogP contribution is 2.11. The molecule has 0 radical (unpaired) electrons. The molecule has 92 valence electrons. The second-order valence-corrected chi connectivity index (χ2v) is 4.30. The third-order valence-corrected chi connectivity index (χ3v) is 2.85. The summed E-state index contributed by atoms with van der Waals surface area (Å²) < 4.78 is 5.16. The van der Waals surface area contributed by atoms with E-state index in [0.29, 0.717) is 19.8 Å². The van der Waals surface area contributed by atoms with Crippen molar-refractivity contribution in [2.24, 2.45) is 11.7 Å². The van der Waals surface area contributed by atoms with Gasteiger partial charge < -0.3 is 15.8 Å². The Balaban J connectivity index is 1.88. The van der Waals surface area contributed by atoms with Crippen molar-refractivity contribution < 1.29 is 9.53 Å². The molecule has 17 heavy (non-hydrogen) atoms. The molecule has 5 heteroatoms. The van der Waals surface area contributed by atoms with Crippen LogP contribution in [0.15, 0.2) is 18.2 Å². The van der Waals surface area contributed by atoms with Crippen LogP contribution in [0.5, 0.6) is 0 Å². The molecule has 2 heterocycles. The summed E-state index contributed by atoms with van der Waals surface area (Å²) in [5, 5.41) is 2.84. The molecule has 2 unspecified atom stereocenters. The van der Waals surface area contributed by atoms with Crippen LogP contribution < -0.4 is 11.1 Å². The topological polar surface area (TPSA) is 77.2 Å². The number of hydrogen-bond acceptors (Lipinski definition) is 4. The zero-order valence-corrected chi connectivity index (χ0v) is 9.85. The smallest absolute Gasteiger partial charge is 0.227 e. The largest absolute Gasteiger partial charge is 0.379 e. The molecule has 0 aromatic carbocycles. The molecule has 1 aliphatic heterocycles. The normalized spacial score (nSPS) is 23.6. The van der Waals surface area contributed by atoms with Gasteiger partial charge in [-0.2, -0.15) is 0 Å². The van der Waals surface area contributed by atoms with Gasteiger partial charge in [-0.25, -0.2) is 0 Å². The van der Waals surface area contributed by atoms with Crippen LogP contribution in [0.3, 0.4) is 0 Å². The molecule has 5 nitrogen and oxygen atoms in total. The zero-order valence-electron chi connectivity index (χ0n) is 9.85. The first-order valence-corrected chi connectivity index (χ1v) is 5.70. The van der Waals surface area contributed by atoms with Gasteiger partial charge in [-0.15, -0.1) is 0 Å². The van der Waals surface area contributed by atoms with Crippen molar-refractivity contribution >= 4 is 5.91 Å². The summed E-state index contributed by atoms with van der Waals surface area (Å²) in [5.41, 5.74) is 7.57. The third-order valence-electron chi connectivity index (χ3n) is 2.85. The number of carbonyl (C=O) groups is 1. The second kappa shape index (κ2) is 5.25. The van der Waals surface area contributed by atoms with Gasteiger partial charge in [0.2, 0.25) is 5.91 Å². The van der Waals surface area contributed by atoms with Crippen LogP contribution in [0.1, 0.15) is 11.4 Å². The fourth-order valence-corrected chi connectivity index (χ4v) is 1.85. The second-order valence-electron chi connectivity index (χ2n) is 4.30. The van der Waals surface area contributed by atoms with E-state index in [-0.39, 0.29) is 17.9 Å². The standard InChI is InChI=1S/C12H17N3O2/c1-8-3-2-4-9(15-8)5-14-12(16)10-6-17-7-11(10)13/h2-4,10-11H,5-7,13H2,1H3,(H,14,16). The molecule has 1 aromatic heterocycles. The Morgan fingerprint density at radius 3 is 3.06 bits per heavy atom. The van der Waals surface area contributed by atoms with Crippen LogP contribution in [0.25, 0.3) is 0 Å². The quantitative estimate of drug-likeness (QED) is 0.772. The number of ether oxygens (including phenoxy) is 1. The maximum atomic E-state index is 11.8. The molecule has 3 N–H and O–H groups in total. The van der Waals surface area contributed by atoms with E-state index in [1.165, 1.54) is 0 Å². The van der Waals surface area contributed by atoms with Crippen molar-refractivity contribution in [3.8, 4) is 0 Å². The van der Waals surface area contributed by atoms with Gasteiger partial charge in [0.15, 0.2) is 0 Å². The van der Waals surface area contributed by atoms with E-state index < -0.39 is 0 Å². The SMILES string of the molecule is Cc1cccc(CNC(=O)C2COCC2N)n1. The first-order chi connectivity index (χ1) is 8.16. The van der Waals surface area contributed by atoms with Crippen molar-refractivity contribution in [2.75, 3.05) is 13.2 Å². The lowest BCUT2D eigenvalue weighted by atomic mass is 10.0. The highest BCUT2D eigenvalue weighted by atomic mass is 16.5. The molecule has 2 atom stereocenters. The first-order valence-electron chi connectivity index (χ1n) is 5.70. The van der Waals surface area contributed by atoms with Crippen LogP contribution in [0, 0.1) is 12.8 Å². The molecule has 0 spiro atoms. The van der Waals surface area contributed by atoms with Gasteiger partial charge in [-0.3, -0.25) is 9.78 Å². The monoisotopic (exact) mass is 235 g/mol. The van der Waals surface area contributed by atoms with E-state index in [1.807, 2.05) is 25.1 Å². The third kappa shape index (κ3) is 3.01. The minimum atomic E-state index is -0.236. The lowest BCUT2D eigenvalue weighted by molar-refractivity contribution is -0.125. The number of pyridine rings is 1. The highest BCUT2D eigenvalue weighted by Gasteiger charge is 2.30. The summed E-state index contributed by atoms with van der Waals surface area (Å²) in [6, 6.07) is 5.54. The lowest BCUT2D eigenvalue weighted by Crippen LogP contribution is -2.40.